The molecule has 0 radical (unpaired) electrons. The van der Waals surface area contributed by atoms with Crippen LogP contribution >= 0.6 is 27.5 Å². The zero-order valence-corrected chi connectivity index (χ0v) is 29.6. The number of para-hydroxylation sites is 1. The van der Waals surface area contributed by atoms with Gasteiger partial charge in [-0.05, 0) is 43.0 Å². The molecule has 2 saturated heterocycles. The second kappa shape index (κ2) is 14.7. The monoisotopic (exact) mass is 755 g/mol. The van der Waals surface area contributed by atoms with E-state index >= 15 is 0 Å². The summed E-state index contributed by atoms with van der Waals surface area (Å²) in [7, 11) is 1.50. The Hall–Kier alpha value is -3.55. The summed E-state index contributed by atoms with van der Waals surface area (Å²) in [6, 6.07) is 12.4. The van der Waals surface area contributed by atoms with Gasteiger partial charge in [-0.2, -0.15) is 0 Å². The highest BCUT2D eigenvalue weighted by Crippen LogP contribution is 2.59. The molecule has 0 aliphatic carbocycles. The Bertz CT molecular complexity index is 1650. The fourth-order valence-electron chi connectivity index (χ4n) is 7.56. The molecule has 4 aliphatic heterocycles. The number of fused-ring (bicyclic) bond motifs is 2. The Kier molecular flexibility index (Phi) is 10.6. The van der Waals surface area contributed by atoms with Crippen molar-refractivity contribution in [2.75, 3.05) is 38.3 Å². The van der Waals surface area contributed by atoms with Gasteiger partial charge in [-0.3, -0.25) is 19.2 Å². The van der Waals surface area contributed by atoms with Gasteiger partial charge in [0.05, 0.1) is 29.3 Å². The Balaban J connectivity index is 1.49. The number of esters is 1. The van der Waals surface area contributed by atoms with Gasteiger partial charge in [-0.15, -0.1) is 0 Å². The molecule has 0 aromatic heterocycles. The Morgan fingerprint density at radius 3 is 2.55 bits per heavy atom. The number of ether oxygens (including phenoxy) is 3. The quantitative estimate of drug-likeness (QED) is 0.320. The summed E-state index contributed by atoms with van der Waals surface area (Å²) < 4.78 is 18.9. The summed E-state index contributed by atoms with van der Waals surface area (Å²) in [4.78, 5) is 60.1. The van der Waals surface area contributed by atoms with Crippen molar-refractivity contribution in [3.63, 3.8) is 0 Å². The molecule has 5 bridgehead atoms. The summed E-state index contributed by atoms with van der Waals surface area (Å²) in [5.41, 5.74) is 0.337. The minimum Gasteiger partial charge on any atom is -0.455 e. The lowest BCUT2D eigenvalue weighted by atomic mass is 9.74. The lowest BCUT2D eigenvalue weighted by Crippen LogP contribution is -2.56. The highest BCUT2D eigenvalue weighted by molar-refractivity contribution is 9.11. The SMILES string of the molecule is COC[C@H]1NC(=O)CC/C=C\CN(c2c(C)cccc2Cl)C(=O)[C@@H]2N(CCCO)C(=O)[C@H]3[C@H](C(=O)O[C@@H]1c1ccccc1)[C@H]1O[C@@]23C=C1Br. The maximum absolute atomic E-state index is 15.0. The summed E-state index contributed by atoms with van der Waals surface area (Å²) in [5.74, 6) is -4.09. The molecule has 2 N–H and O–H groups in total. The van der Waals surface area contributed by atoms with Crippen LogP contribution < -0.4 is 10.2 Å². The van der Waals surface area contributed by atoms with Crippen molar-refractivity contribution in [3.8, 4) is 0 Å². The second-order valence-electron chi connectivity index (χ2n) is 12.7. The van der Waals surface area contributed by atoms with Crippen molar-refractivity contribution >= 4 is 56.9 Å². The van der Waals surface area contributed by atoms with Crippen LogP contribution in [0, 0.1) is 18.8 Å². The van der Waals surface area contributed by atoms with Gasteiger partial charge in [0, 0.05) is 37.7 Å². The average molecular weight is 757 g/mol. The number of nitrogens with one attached hydrogen (secondary N) is 1. The van der Waals surface area contributed by atoms with Gasteiger partial charge in [-0.25, -0.2) is 0 Å². The van der Waals surface area contributed by atoms with Crippen LogP contribution in [0.4, 0.5) is 5.69 Å². The molecule has 260 valence electrons. The molecule has 2 aromatic carbocycles. The van der Waals surface area contributed by atoms with Crippen molar-refractivity contribution in [2.45, 2.75) is 56.1 Å². The number of hydrogen-bond acceptors (Lipinski definition) is 8. The molecule has 13 heteroatoms. The normalized spacial score (nSPS) is 31.0. The molecule has 7 atom stereocenters. The van der Waals surface area contributed by atoms with Crippen LogP contribution in [0.2, 0.25) is 5.02 Å². The van der Waals surface area contributed by atoms with Gasteiger partial charge in [0.25, 0.3) is 5.91 Å². The topological polar surface area (TPSA) is 135 Å². The molecule has 0 unspecified atom stereocenters. The van der Waals surface area contributed by atoms with E-state index in [0.717, 1.165) is 5.56 Å². The van der Waals surface area contributed by atoms with Gasteiger partial charge in [-0.1, -0.05) is 82.1 Å². The standard InChI is InChI=1S/C36H39BrClN3O8/c1-21-11-9-14-24(38)29(21)40-16-8-4-7-15-26(43)39-25(20-47-2)30(22-12-5-3-6-13-22)48-35(46)27-28-33(44)41(17-10-18-42)32(34(40)45)36(28)19-23(37)31(27)49-36/h3-6,8-9,11-14,19,25,27-28,30-32,42H,7,10,15-18,20H2,1-2H3,(H,39,43)/b8-4-/t25-,27+,28-,30-,31+,32+,36-/m1/s1. The number of amides is 3. The Morgan fingerprint density at radius 2 is 1.84 bits per heavy atom. The van der Waals surface area contributed by atoms with Crippen molar-refractivity contribution in [2.24, 2.45) is 11.8 Å². The maximum atomic E-state index is 15.0. The van der Waals surface area contributed by atoms with Crippen molar-refractivity contribution < 1.29 is 38.5 Å². The Morgan fingerprint density at radius 1 is 1.06 bits per heavy atom. The van der Waals surface area contributed by atoms with Gasteiger partial charge in [0.2, 0.25) is 11.8 Å². The molecule has 4 heterocycles. The number of carbonyl (C=O) groups is 4. The predicted molar refractivity (Wildman–Crippen MR) is 185 cm³/mol. The third-order valence-electron chi connectivity index (χ3n) is 9.64. The van der Waals surface area contributed by atoms with E-state index in [1.165, 1.54) is 16.9 Å². The number of rotatable bonds is 7. The van der Waals surface area contributed by atoms with Crippen molar-refractivity contribution in [1.82, 2.24) is 10.2 Å². The fourth-order valence-corrected chi connectivity index (χ4v) is 8.62. The molecule has 6 rings (SSSR count). The average Bonchev–Trinajstić information content (AvgIpc) is 3.67. The number of cyclic esters (lactones) is 1. The van der Waals surface area contributed by atoms with E-state index in [4.69, 9.17) is 25.8 Å². The van der Waals surface area contributed by atoms with Crippen molar-refractivity contribution in [3.05, 3.63) is 87.4 Å². The first kappa shape index (κ1) is 35.3. The Labute approximate surface area is 298 Å². The van der Waals surface area contributed by atoms with Crippen molar-refractivity contribution in [1.29, 1.82) is 0 Å². The molecule has 4 aliphatic rings. The minimum absolute atomic E-state index is 0.0482. The second-order valence-corrected chi connectivity index (χ2v) is 14.0. The number of likely N-dealkylation sites (tertiary alicyclic amines) is 1. The minimum atomic E-state index is -1.51. The van der Waals surface area contributed by atoms with Crippen LogP contribution in [0.3, 0.4) is 0 Å². The number of halogens is 2. The zero-order valence-electron chi connectivity index (χ0n) is 27.2. The molecular weight excluding hydrogens is 718 g/mol. The summed E-state index contributed by atoms with van der Waals surface area (Å²) in [5, 5.41) is 13.1. The third kappa shape index (κ3) is 6.45. The van der Waals surface area contributed by atoms with E-state index < -0.39 is 59.5 Å². The number of anilines is 1. The van der Waals surface area contributed by atoms with E-state index in [1.54, 1.807) is 48.6 Å². The third-order valence-corrected chi connectivity index (χ3v) is 10.6. The number of hydrogen-bond donors (Lipinski definition) is 2. The largest absolute Gasteiger partial charge is 0.455 e. The maximum Gasteiger partial charge on any atom is 0.313 e. The molecule has 3 amide bonds. The lowest BCUT2D eigenvalue weighted by Gasteiger charge is -2.36. The molecule has 11 nitrogen and oxygen atoms in total. The first-order valence-electron chi connectivity index (χ1n) is 16.4. The number of aliphatic hydroxyl groups excluding tert-OH is 1. The number of nitrogens with zero attached hydrogens (tertiary/aromatic N) is 2. The first-order valence-corrected chi connectivity index (χ1v) is 17.5. The number of benzene rings is 2. The van der Waals surface area contributed by atoms with Gasteiger partial charge in [0.15, 0.2) is 0 Å². The molecule has 1 spiro atoms. The molecule has 2 fully saturated rings. The predicted octanol–water partition coefficient (Wildman–Crippen LogP) is 4.00. The van der Waals surface area contributed by atoms with Gasteiger partial charge < -0.3 is 34.4 Å². The van der Waals surface area contributed by atoms with E-state index in [0.29, 0.717) is 27.2 Å². The molecule has 49 heavy (non-hydrogen) atoms. The number of aryl methyl sites for hydroxylation is 1. The number of allylic oxidation sites excluding steroid dienone is 1. The van der Waals surface area contributed by atoms with Gasteiger partial charge >= 0.3 is 5.97 Å². The number of methoxy groups -OCH3 is 1. The van der Waals surface area contributed by atoms with E-state index in [-0.39, 0.29) is 45.1 Å². The van der Waals surface area contributed by atoms with Crippen LogP contribution in [-0.4, -0.2) is 90.9 Å². The van der Waals surface area contributed by atoms with Gasteiger partial charge in [0.1, 0.15) is 29.8 Å². The number of carbonyl (C=O) groups excluding carboxylic acids is 4. The molecule has 0 saturated carbocycles. The van der Waals surface area contributed by atoms with Crippen LogP contribution in [0.5, 0.6) is 0 Å². The van der Waals surface area contributed by atoms with Crippen LogP contribution in [0.25, 0.3) is 0 Å². The van der Waals surface area contributed by atoms with E-state index in [1.807, 2.05) is 25.1 Å². The summed E-state index contributed by atoms with van der Waals surface area (Å²) in [6.45, 7) is 1.83. The smallest absolute Gasteiger partial charge is 0.313 e. The van der Waals surface area contributed by atoms with E-state index in [2.05, 4.69) is 21.2 Å². The fraction of sp³-hybridized carbons (Fsp3) is 0.444. The molecule has 2 aromatic rings. The summed E-state index contributed by atoms with van der Waals surface area (Å²) >= 11 is 10.3. The highest BCUT2D eigenvalue weighted by Gasteiger charge is 2.75. The van der Waals surface area contributed by atoms with E-state index in [9.17, 15) is 24.3 Å². The van der Waals surface area contributed by atoms with Crippen LogP contribution in [0.15, 0.2) is 71.2 Å². The van der Waals surface area contributed by atoms with Crippen LogP contribution in [0.1, 0.15) is 36.5 Å². The van der Waals surface area contributed by atoms with Crippen LogP contribution in [-0.2, 0) is 33.4 Å². The summed E-state index contributed by atoms with van der Waals surface area (Å²) in [6.07, 6.45) is 4.21. The molecular formula is C36H39BrClN3O8. The highest BCUT2D eigenvalue weighted by atomic mass is 79.9. The lowest BCUT2D eigenvalue weighted by molar-refractivity contribution is -0.162. The first-order chi connectivity index (χ1) is 23.6. The number of aliphatic hydroxyl groups is 1. The zero-order chi connectivity index (χ0) is 34.9.